The molecule has 1 aromatic carbocycles. The van der Waals surface area contributed by atoms with Gasteiger partial charge >= 0.3 is 5.97 Å². The van der Waals surface area contributed by atoms with Gasteiger partial charge in [0.2, 0.25) is 11.8 Å². The van der Waals surface area contributed by atoms with Crippen molar-refractivity contribution in [2.45, 2.75) is 45.2 Å². The van der Waals surface area contributed by atoms with Crippen molar-refractivity contribution in [2.24, 2.45) is 5.92 Å². The van der Waals surface area contributed by atoms with Crippen molar-refractivity contribution in [1.82, 2.24) is 20.4 Å². The Kier molecular flexibility index (Phi) is 10.2. The molecule has 226 valence electrons. The van der Waals surface area contributed by atoms with Gasteiger partial charge in [-0.05, 0) is 56.5 Å². The van der Waals surface area contributed by atoms with Crippen molar-refractivity contribution in [3.05, 3.63) is 94.0 Å². The number of aromatic nitrogens is 2. The third-order valence-electron chi connectivity index (χ3n) is 6.84. The van der Waals surface area contributed by atoms with E-state index in [0.29, 0.717) is 24.3 Å². The first-order chi connectivity index (χ1) is 20.6. The molecule has 0 bridgehead atoms. The van der Waals surface area contributed by atoms with Gasteiger partial charge in [-0.25, -0.2) is 9.18 Å². The number of hydrogen-bond acceptors (Lipinski definition) is 8. The Labute approximate surface area is 246 Å². The van der Waals surface area contributed by atoms with Gasteiger partial charge in [0.1, 0.15) is 23.3 Å². The van der Waals surface area contributed by atoms with E-state index in [4.69, 9.17) is 9.26 Å². The summed E-state index contributed by atoms with van der Waals surface area (Å²) in [6, 6.07) is 7.88. The molecule has 0 spiro atoms. The molecule has 43 heavy (non-hydrogen) atoms. The molecule has 1 aliphatic rings. The number of rotatable bonds is 12. The first-order valence-electron chi connectivity index (χ1n) is 13.8. The zero-order chi connectivity index (χ0) is 30.9. The summed E-state index contributed by atoms with van der Waals surface area (Å²) in [6.07, 6.45) is 4.80. The molecule has 2 aromatic heterocycles. The first-order valence-corrected chi connectivity index (χ1v) is 13.8. The van der Waals surface area contributed by atoms with Crippen LogP contribution in [0.4, 0.5) is 10.1 Å². The fourth-order valence-corrected chi connectivity index (χ4v) is 4.70. The minimum Gasteiger partial charge on any atom is -0.463 e. The van der Waals surface area contributed by atoms with Crippen LogP contribution in [-0.2, 0) is 25.5 Å². The molecule has 3 unspecified atom stereocenters. The number of pyridine rings is 1. The van der Waals surface area contributed by atoms with Gasteiger partial charge in [-0.1, -0.05) is 23.4 Å². The normalized spacial score (nSPS) is 16.0. The number of nitrogens with one attached hydrogen (secondary N) is 3. The lowest BCUT2D eigenvalue weighted by molar-refractivity contribution is -0.137. The van der Waals surface area contributed by atoms with Crippen LogP contribution >= 0.6 is 0 Å². The second kappa shape index (κ2) is 14.2. The topological polar surface area (TPSA) is 162 Å². The summed E-state index contributed by atoms with van der Waals surface area (Å²) >= 11 is 0. The highest BCUT2D eigenvalue weighted by atomic mass is 19.1. The molecule has 0 aliphatic carbocycles. The van der Waals surface area contributed by atoms with E-state index in [-0.39, 0.29) is 36.7 Å². The van der Waals surface area contributed by atoms with Gasteiger partial charge in [-0.3, -0.25) is 19.2 Å². The maximum Gasteiger partial charge on any atom is 0.330 e. The molecule has 1 aliphatic heterocycles. The van der Waals surface area contributed by atoms with Crippen molar-refractivity contribution in [1.29, 1.82) is 0 Å². The smallest absolute Gasteiger partial charge is 0.330 e. The second-order valence-corrected chi connectivity index (χ2v) is 10.00. The SMILES string of the molecule is CCOC(=O)C=CC(CC1CCNC1=O)NC(=O)C(Cc1ccc(F)cc1)n1cccc(NC(=O)c2cc(C)on2)c1=O. The van der Waals surface area contributed by atoms with Gasteiger partial charge in [-0.15, -0.1) is 0 Å². The van der Waals surface area contributed by atoms with Gasteiger partial charge in [0.05, 0.1) is 6.61 Å². The van der Waals surface area contributed by atoms with Crippen LogP contribution in [0.25, 0.3) is 0 Å². The third-order valence-corrected chi connectivity index (χ3v) is 6.84. The molecule has 12 nitrogen and oxygen atoms in total. The van der Waals surface area contributed by atoms with E-state index in [2.05, 4.69) is 21.1 Å². The summed E-state index contributed by atoms with van der Waals surface area (Å²) in [4.78, 5) is 64.4. The van der Waals surface area contributed by atoms with E-state index in [0.717, 1.165) is 4.57 Å². The maximum absolute atomic E-state index is 13.9. The lowest BCUT2D eigenvalue weighted by Crippen LogP contribution is -2.43. The number of aryl methyl sites for hydroxylation is 1. The first kappa shape index (κ1) is 30.9. The molecular weight excluding hydrogens is 561 g/mol. The molecular formula is C30H32FN5O7. The van der Waals surface area contributed by atoms with Crippen LogP contribution < -0.4 is 21.5 Å². The average Bonchev–Trinajstić information content (AvgIpc) is 3.60. The Bertz CT molecular complexity index is 1560. The Morgan fingerprint density at radius 2 is 2.00 bits per heavy atom. The van der Waals surface area contributed by atoms with E-state index >= 15 is 0 Å². The van der Waals surface area contributed by atoms with Crippen LogP contribution in [0.1, 0.15) is 47.6 Å². The molecule has 13 heteroatoms. The largest absolute Gasteiger partial charge is 0.463 e. The quantitative estimate of drug-likeness (QED) is 0.213. The van der Waals surface area contributed by atoms with Crippen LogP contribution in [0.5, 0.6) is 0 Å². The molecule has 3 amide bonds. The van der Waals surface area contributed by atoms with Gasteiger partial charge in [0.25, 0.3) is 11.5 Å². The van der Waals surface area contributed by atoms with Crippen LogP contribution in [0.15, 0.2) is 70.1 Å². The second-order valence-electron chi connectivity index (χ2n) is 10.00. The number of carbonyl (C=O) groups is 4. The highest BCUT2D eigenvalue weighted by Crippen LogP contribution is 2.20. The standard InChI is InChI=1S/C30H32FN5O7/c1-3-42-26(37)11-10-22(17-20-12-13-32-27(20)38)33-29(40)25(16-19-6-8-21(31)9-7-19)36-14-4-5-23(30(36)41)34-28(39)24-15-18(2)43-35-24/h4-11,14-15,20,22,25H,3,12-13,16-17H2,1-2H3,(H,32,38)(H,33,40)(H,34,39). The summed E-state index contributed by atoms with van der Waals surface area (Å²) in [5.74, 6) is -2.49. The fourth-order valence-electron chi connectivity index (χ4n) is 4.70. The van der Waals surface area contributed by atoms with Crippen LogP contribution in [-0.4, -0.2) is 52.6 Å². The average molecular weight is 594 g/mol. The predicted octanol–water partition coefficient (Wildman–Crippen LogP) is 2.45. The van der Waals surface area contributed by atoms with Crippen molar-refractivity contribution in [3.8, 4) is 0 Å². The van der Waals surface area contributed by atoms with Crippen LogP contribution in [0.2, 0.25) is 0 Å². The minimum absolute atomic E-state index is 0.00980. The van der Waals surface area contributed by atoms with Gasteiger partial charge < -0.3 is 29.8 Å². The summed E-state index contributed by atoms with van der Waals surface area (Å²) in [6.45, 7) is 3.94. The van der Waals surface area contributed by atoms with E-state index in [1.165, 1.54) is 60.8 Å². The highest BCUT2D eigenvalue weighted by Gasteiger charge is 2.30. The zero-order valence-electron chi connectivity index (χ0n) is 23.7. The van der Waals surface area contributed by atoms with Crippen molar-refractivity contribution >= 4 is 29.4 Å². The monoisotopic (exact) mass is 593 g/mol. The summed E-state index contributed by atoms with van der Waals surface area (Å²) in [5, 5.41) is 11.8. The number of anilines is 1. The summed E-state index contributed by atoms with van der Waals surface area (Å²) in [5.41, 5.74) is -0.242. The van der Waals surface area contributed by atoms with Gasteiger partial charge in [0, 0.05) is 43.3 Å². The number of ether oxygens (including phenoxy) is 1. The number of esters is 1. The number of nitrogens with zero attached hydrogens (tertiary/aromatic N) is 2. The fraction of sp³-hybridized carbons (Fsp3) is 0.333. The van der Waals surface area contributed by atoms with E-state index in [1.807, 2.05) is 0 Å². The molecule has 3 aromatic rings. The van der Waals surface area contributed by atoms with Crippen molar-refractivity contribution in [2.75, 3.05) is 18.5 Å². The predicted molar refractivity (Wildman–Crippen MR) is 152 cm³/mol. The van der Waals surface area contributed by atoms with Gasteiger partial charge in [-0.2, -0.15) is 0 Å². The Balaban J connectivity index is 1.64. The molecule has 3 atom stereocenters. The Morgan fingerprint density at radius 1 is 1.23 bits per heavy atom. The van der Waals surface area contributed by atoms with Crippen LogP contribution in [0, 0.1) is 18.7 Å². The summed E-state index contributed by atoms with van der Waals surface area (Å²) in [7, 11) is 0. The number of hydrogen-bond donors (Lipinski definition) is 3. The Hall–Kier alpha value is -5.07. The zero-order valence-corrected chi connectivity index (χ0v) is 23.7. The lowest BCUT2D eigenvalue weighted by Gasteiger charge is -2.24. The minimum atomic E-state index is -1.15. The molecule has 0 radical (unpaired) electrons. The molecule has 0 saturated carbocycles. The molecule has 1 saturated heterocycles. The summed E-state index contributed by atoms with van der Waals surface area (Å²) < 4.78 is 24.7. The molecule has 4 rings (SSSR count). The molecule has 3 heterocycles. The maximum atomic E-state index is 13.9. The lowest BCUT2D eigenvalue weighted by atomic mass is 9.97. The van der Waals surface area contributed by atoms with E-state index < -0.39 is 47.2 Å². The van der Waals surface area contributed by atoms with Crippen molar-refractivity contribution in [3.63, 3.8) is 0 Å². The van der Waals surface area contributed by atoms with E-state index in [9.17, 15) is 28.4 Å². The number of amides is 3. The van der Waals surface area contributed by atoms with Crippen molar-refractivity contribution < 1.29 is 32.8 Å². The Morgan fingerprint density at radius 3 is 2.65 bits per heavy atom. The highest BCUT2D eigenvalue weighted by molar-refractivity contribution is 6.02. The third kappa shape index (κ3) is 8.24. The van der Waals surface area contributed by atoms with Gasteiger partial charge in [0.15, 0.2) is 5.69 Å². The molecule has 3 N–H and O–H groups in total. The number of carbonyl (C=O) groups excluding carboxylic acids is 4. The van der Waals surface area contributed by atoms with E-state index in [1.54, 1.807) is 13.8 Å². The number of halogens is 1. The van der Waals surface area contributed by atoms with Crippen LogP contribution in [0.3, 0.4) is 0 Å². The number of benzene rings is 1. The molecule has 1 fully saturated rings.